The van der Waals surface area contributed by atoms with Crippen LogP contribution in [0.5, 0.6) is 0 Å². The van der Waals surface area contributed by atoms with Crippen LogP contribution in [0, 0.1) is 25.6 Å². The van der Waals surface area contributed by atoms with E-state index in [-0.39, 0.29) is 11.9 Å². The smallest absolute Gasteiger partial charge is 0.238 e. The zero-order valence-electron chi connectivity index (χ0n) is 25.8. The van der Waals surface area contributed by atoms with E-state index in [2.05, 4.69) is 52.6 Å². The predicted molar refractivity (Wildman–Crippen MR) is 172 cm³/mol. The summed E-state index contributed by atoms with van der Waals surface area (Å²) >= 11 is 0. The SMILES string of the molecule is CCCC=Nc1cc(-c2ccc3c(c2)N(C2CC(CCC)C2)C(=O)C32CCNCC2)nc(Nc2cc(C)ncc2F)c1C. The lowest BCUT2D eigenvalue weighted by Crippen LogP contribution is -2.53. The van der Waals surface area contributed by atoms with Gasteiger partial charge in [-0.2, -0.15) is 0 Å². The number of benzene rings is 1. The van der Waals surface area contributed by atoms with Gasteiger partial charge in [-0.15, -0.1) is 0 Å². The quantitative estimate of drug-likeness (QED) is 0.253. The number of aromatic nitrogens is 2. The second kappa shape index (κ2) is 12.2. The Kier molecular flexibility index (Phi) is 8.32. The summed E-state index contributed by atoms with van der Waals surface area (Å²) in [7, 11) is 0. The Balaban J connectivity index is 1.43. The molecule has 2 fully saturated rings. The molecule has 0 radical (unpaired) electrons. The van der Waals surface area contributed by atoms with E-state index in [1.165, 1.54) is 19.0 Å². The minimum Gasteiger partial charge on any atom is -0.337 e. The summed E-state index contributed by atoms with van der Waals surface area (Å²) in [6, 6.07) is 10.4. The van der Waals surface area contributed by atoms with Gasteiger partial charge in [0.15, 0.2) is 5.82 Å². The average Bonchev–Trinajstić information content (AvgIpc) is 3.21. The standard InChI is InChI=1S/C35H43FN6O/c1-5-7-13-38-29-20-30(40-33(23(29)4)41-31-16-22(3)39-21-28(31)36)25-9-10-27-32(19-25)42(26-17-24(18-26)8-6-2)34(43)35(27)11-14-37-15-12-35/h9-10,13,16,19-21,24,26,37H,5-8,11-12,14-15,17-18H2,1-4H3,(H,39,40,41). The predicted octanol–water partition coefficient (Wildman–Crippen LogP) is 7.69. The van der Waals surface area contributed by atoms with Crippen LogP contribution in [0.2, 0.25) is 0 Å². The number of carbonyl (C=O) groups excluding carboxylic acids is 1. The van der Waals surface area contributed by atoms with Crippen LogP contribution in [-0.2, 0) is 10.2 Å². The zero-order chi connectivity index (χ0) is 30.1. The van der Waals surface area contributed by atoms with Gasteiger partial charge in [0.1, 0.15) is 5.82 Å². The molecule has 0 unspecified atom stereocenters. The largest absolute Gasteiger partial charge is 0.337 e. The Hall–Kier alpha value is -3.65. The number of pyridine rings is 2. The fraction of sp³-hybridized carbons (Fsp3) is 0.486. The van der Waals surface area contributed by atoms with E-state index in [4.69, 9.17) is 9.98 Å². The number of carbonyl (C=O) groups is 1. The summed E-state index contributed by atoms with van der Waals surface area (Å²) < 4.78 is 14.7. The highest BCUT2D eigenvalue weighted by atomic mass is 19.1. The molecule has 4 heterocycles. The van der Waals surface area contributed by atoms with Crippen molar-refractivity contribution in [2.75, 3.05) is 23.3 Å². The first-order valence-corrected chi connectivity index (χ1v) is 16.0. The van der Waals surface area contributed by atoms with Gasteiger partial charge in [-0.1, -0.05) is 45.2 Å². The maximum absolute atomic E-state index is 14.7. The number of hydrogen-bond acceptors (Lipinski definition) is 6. The molecule has 1 saturated heterocycles. The zero-order valence-corrected chi connectivity index (χ0v) is 25.8. The molecule has 2 N–H and O–H groups in total. The van der Waals surface area contributed by atoms with Crippen molar-refractivity contribution in [2.45, 2.75) is 90.5 Å². The summed E-state index contributed by atoms with van der Waals surface area (Å²) in [5, 5.41) is 6.67. The number of hydrogen-bond donors (Lipinski definition) is 2. The number of rotatable bonds is 9. The number of nitrogens with zero attached hydrogens (tertiary/aromatic N) is 4. The lowest BCUT2D eigenvalue weighted by Gasteiger charge is -2.43. The van der Waals surface area contributed by atoms with Crippen LogP contribution in [0.25, 0.3) is 11.3 Å². The normalized spacial score (nSPS) is 21.0. The number of unbranched alkanes of at least 4 members (excludes halogenated alkanes) is 1. The third-order valence-corrected chi connectivity index (χ3v) is 9.57. The van der Waals surface area contributed by atoms with E-state index >= 15 is 0 Å². The van der Waals surface area contributed by atoms with Crippen molar-refractivity contribution in [3.8, 4) is 11.3 Å². The van der Waals surface area contributed by atoms with Gasteiger partial charge in [0, 0.05) is 34.8 Å². The Morgan fingerprint density at radius 3 is 2.67 bits per heavy atom. The Labute approximate surface area is 254 Å². The first-order chi connectivity index (χ1) is 20.8. The third-order valence-electron chi connectivity index (χ3n) is 9.57. The highest BCUT2D eigenvalue weighted by Crippen LogP contribution is 2.52. The number of fused-ring (bicyclic) bond motifs is 2. The van der Waals surface area contributed by atoms with Gasteiger partial charge < -0.3 is 15.5 Å². The molecule has 1 aromatic carbocycles. The number of halogens is 1. The van der Waals surface area contributed by atoms with Crippen LogP contribution in [0.1, 0.15) is 82.0 Å². The highest BCUT2D eigenvalue weighted by molar-refractivity contribution is 6.09. The molecule has 3 aromatic rings. The van der Waals surface area contributed by atoms with Crippen molar-refractivity contribution in [1.82, 2.24) is 15.3 Å². The fourth-order valence-corrected chi connectivity index (χ4v) is 7.06. The van der Waals surface area contributed by atoms with E-state index in [0.29, 0.717) is 23.1 Å². The molecule has 0 atom stereocenters. The minimum absolute atomic E-state index is 0.252. The average molecular weight is 583 g/mol. The van der Waals surface area contributed by atoms with Crippen molar-refractivity contribution < 1.29 is 9.18 Å². The monoisotopic (exact) mass is 582 g/mol. The van der Waals surface area contributed by atoms with Gasteiger partial charge in [-0.25, -0.2) is 9.37 Å². The van der Waals surface area contributed by atoms with Gasteiger partial charge in [0.25, 0.3) is 0 Å². The number of amides is 1. The summed E-state index contributed by atoms with van der Waals surface area (Å²) in [6.07, 6.45) is 11.2. The minimum atomic E-state index is -0.450. The molecular formula is C35H43FN6O. The van der Waals surface area contributed by atoms with Crippen molar-refractivity contribution in [3.05, 3.63) is 59.2 Å². The molecule has 1 amide bonds. The molecule has 2 aromatic heterocycles. The molecule has 1 aliphatic carbocycles. The van der Waals surface area contributed by atoms with Crippen molar-refractivity contribution in [2.24, 2.45) is 10.9 Å². The molecule has 8 heteroatoms. The maximum Gasteiger partial charge on any atom is 0.238 e. The highest BCUT2D eigenvalue weighted by Gasteiger charge is 2.54. The molecule has 226 valence electrons. The summed E-state index contributed by atoms with van der Waals surface area (Å²) in [4.78, 5) is 30.2. The molecule has 1 spiro atoms. The summed E-state index contributed by atoms with van der Waals surface area (Å²) in [5.41, 5.74) is 6.07. The molecule has 7 nitrogen and oxygen atoms in total. The number of piperidine rings is 1. The second-order valence-corrected chi connectivity index (χ2v) is 12.6. The number of nitrogens with one attached hydrogen (secondary N) is 2. The van der Waals surface area contributed by atoms with E-state index in [1.807, 2.05) is 26.1 Å². The Morgan fingerprint density at radius 1 is 1.14 bits per heavy atom. The third kappa shape index (κ3) is 5.46. The van der Waals surface area contributed by atoms with Crippen LogP contribution in [0.4, 0.5) is 27.3 Å². The molecular weight excluding hydrogens is 539 g/mol. The Bertz CT molecular complexity index is 1540. The van der Waals surface area contributed by atoms with Crippen molar-refractivity contribution >= 4 is 35.0 Å². The lowest BCUT2D eigenvalue weighted by atomic mass is 9.73. The molecule has 0 bridgehead atoms. The van der Waals surface area contributed by atoms with Crippen molar-refractivity contribution in [1.29, 1.82) is 0 Å². The number of aliphatic imine (C=N–C) groups is 1. The van der Waals surface area contributed by atoms with E-state index < -0.39 is 11.2 Å². The van der Waals surface area contributed by atoms with E-state index in [9.17, 15) is 9.18 Å². The molecule has 2 aliphatic heterocycles. The summed E-state index contributed by atoms with van der Waals surface area (Å²) in [6.45, 7) is 9.85. The van der Waals surface area contributed by atoms with Gasteiger partial charge in [0.05, 0.1) is 28.7 Å². The molecule has 6 rings (SSSR count). The van der Waals surface area contributed by atoms with E-state index in [0.717, 1.165) is 85.4 Å². The first-order valence-electron chi connectivity index (χ1n) is 16.0. The molecule has 1 saturated carbocycles. The van der Waals surface area contributed by atoms with Crippen LogP contribution in [0.15, 0.2) is 41.5 Å². The van der Waals surface area contributed by atoms with Gasteiger partial charge in [-0.3, -0.25) is 14.8 Å². The number of anilines is 3. The van der Waals surface area contributed by atoms with Crippen LogP contribution in [0.3, 0.4) is 0 Å². The van der Waals surface area contributed by atoms with Crippen LogP contribution in [-0.4, -0.2) is 41.2 Å². The van der Waals surface area contributed by atoms with Gasteiger partial charge >= 0.3 is 0 Å². The topological polar surface area (TPSA) is 82.5 Å². The van der Waals surface area contributed by atoms with Gasteiger partial charge in [0.2, 0.25) is 5.91 Å². The molecule has 43 heavy (non-hydrogen) atoms. The maximum atomic E-state index is 14.7. The fourth-order valence-electron chi connectivity index (χ4n) is 7.06. The molecule has 3 aliphatic rings. The van der Waals surface area contributed by atoms with Crippen molar-refractivity contribution in [3.63, 3.8) is 0 Å². The number of aryl methyl sites for hydroxylation is 1. The first kappa shape index (κ1) is 29.4. The van der Waals surface area contributed by atoms with Gasteiger partial charge in [-0.05, 0) is 88.7 Å². The Morgan fingerprint density at radius 2 is 1.93 bits per heavy atom. The van der Waals surface area contributed by atoms with E-state index in [1.54, 1.807) is 6.07 Å². The second-order valence-electron chi connectivity index (χ2n) is 12.6. The summed E-state index contributed by atoms with van der Waals surface area (Å²) in [5.74, 6) is 1.09. The van der Waals surface area contributed by atoms with Crippen LogP contribution >= 0.6 is 0 Å². The van der Waals surface area contributed by atoms with Crippen LogP contribution < -0.4 is 15.5 Å². The lowest BCUT2D eigenvalue weighted by molar-refractivity contribution is -0.125.